The van der Waals surface area contributed by atoms with Crippen molar-refractivity contribution in [2.24, 2.45) is 0 Å². The van der Waals surface area contributed by atoms with Crippen LogP contribution in [0.15, 0.2) is 10.7 Å². The molecule has 0 aromatic carbocycles. The van der Waals surface area contributed by atoms with Crippen molar-refractivity contribution >= 4 is 21.9 Å². The summed E-state index contributed by atoms with van der Waals surface area (Å²) < 4.78 is 21.5. The Balaban J connectivity index is 2.03. The number of hydrogen-bond donors (Lipinski definition) is 1. The average molecular weight is 336 g/mol. The zero-order valence-corrected chi connectivity index (χ0v) is 12.4. The Morgan fingerprint density at radius 2 is 1.74 bits per heavy atom. The molecule has 0 radical (unpaired) electrons. The van der Waals surface area contributed by atoms with Crippen LogP contribution in [0.2, 0.25) is 0 Å². The van der Waals surface area contributed by atoms with Gasteiger partial charge in [-0.25, -0.2) is 4.98 Å². The third kappa shape index (κ3) is 7.26. The highest BCUT2D eigenvalue weighted by Gasteiger charge is 2.04. The van der Waals surface area contributed by atoms with Crippen molar-refractivity contribution in [3.8, 4) is 5.88 Å². The van der Waals surface area contributed by atoms with Crippen LogP contribution < -0.4 is 10.5 Å². The van der Waals surface area contributed by atoms with Crippen LogP contribution in [0.4, 0.5) is 5.95 Å². The van der Waals surface area contributed by atoms with Gasteiger partial charge in [-0.2, -0.15) is 4.98 Å². The third-order valence-electron chi connectivity index (χ3n) is 2.00. The van der Waals surface area contributed by atoms with Crippen LogP contribution in [0.25, 0.3) is 0 Å². The van der Waals surface area contributed by atoms with Gasteiger partial charge >= 0.3 is 0 Å². The van der Waals surface area contributed by atoms with Gasteiger partial charge in [-0.15, -0.1) is 0 Å². The predicted octanol–water partition coefficient (Wildman–Crippen LogP) is 0.880. The molecule has 0 saturated carbocycles. The number of anilines is 1. The molecule has 7 nitrogen and oxygen atoms in total. The molecule has 0 aliphatic heterocycles. The number of rotatable bonds is 10. The van der Waals surface area contributed by atoms with E-state index in [9.17, 15) is 0 Å². The molecule has 0 fully saturated rings. The SMILES string of the molecule is COCCOCCOCCOc1nc(N)ncc1Br. The molecular weight excluding hydrogens is 318 g/mol. The Hall–Kier alpha value is -0.960. The van der Waals surface area contributed by atoms with E-state index >= 15 is 0 Å². The fourth-order valence-corrected chi connectivity index (χ4v) is 1.43. The van der Waals surface area contributed by atoms with Gasteiger partial charge in [-0.3, -0.25) is 0 Å². The number of halogens is 1. The van der Waals surface area contributed by atoms with Gasteiger partial charge in [0.15, 0.2) is 0 Å². The maximum atomic E-state index is 5.46. The second-order valence-electron chi connectivity index (χ2n) is 3.45. The summed E-state index contributed by atoms with van der Waals surface area (Å²) in [5.41, 5.74) is 5.46. The van der Waals surface area contributed by atoms with E-state index in [1.165, 1.54) is 0 Å². The maximum absolute atomic E-state index is 5.46. The summed E-state index contributed by atoms with van der Waals surface area (Å²) in [6.07, 6.45) is 1.54. The lowest BCUT2D eigenvalue weighted by Gasteiger charge is -2.08. The van der Waals surface area contributed by atoms with Gasteiger partial charge in [0.25, 0.3) is 0 Å². The summed E-state index contributed by atoms with van der Waals surface area (Å²) in [4.78, 5) is 7.76. The number of aromatic nitrogens is 2. The summed E-state index contributed by atoms with van der Waals surface area (Å²) in [5.74, 6) is 0.582. The molecular formula is C11H18BrN3O4. The van der Waals surface area contributed by atoms with Crippen LogP contribution >= 0.6 is 15.9 Å². The van der Waals surface area contributed by atoms with E-state index in [1.807, 2.05) is 0 Å². The lowest BCUT2D eigenvalue weighted by Crippen LogP contribution is -2.13. The topological polar surface area (TPSA) is 88.7 Å². The van der Waals surface area contributed by atoms with Gasteiger partial charge < -0.3 is 24.7 Å². The van der Waals surface area contributed by atoms with Gasteiger partial charge in [0.2, 0.25) is 11.8 Å². The highest BCUT2D eigenvalue weighted by Crippen LogP contribution is 2.21. The van der Waals surface area contributed by atoms with Crippen LogP contribution in [0, 0.1) is 0 Å². The Bertz CT molecular complexity index is 368. The largest absolute Gasteiger partial charge is 0.474 e. The molecule has 2 N–H and O–H groups in total. The molecule has 0 aliphatic rings. The summed E-state index contributed by atoms with van der Waals surface area (Å²) in [5, 5.41) is 0. The van der Waals surface area contributed by atoms with E-state index in [2.05, 4.69) is 25.9 Å². The number of methoxy groups -OCH3 is 1. The second kappa shape index (κ2) is 9.90. The molecule has 0 bridgehead atoms. The van der Waals surface area contributed by atoms with E-state index in [1.54, 1.807) is 13.3 Å². The molecule has 8 heteroatoms. The summed E-state index contributed by atoms with van der Waals surface area (Å²) in [6, 6.07) is 0. The minimum atomic E-state index is 0.172. The van der Waals surface area contributed by atoms with Crippen molar-refractivity contribution < 1.29 is 18.9 Å². The van der Waals surface area contributed by atoms with Crippen molar-refractivity contribution in [3.05, 3.63) is 10.7 Å². The predicted molar refractivity (Wildman–Crippen MR) is 73.2 cm³/mol. The molecule has 0 atom stereocenters. The van der Waals surface area contributed by atoms with Crippen LogP contribution in [-0.2, 0) is 14.2 Å². The number of hydrogen-bond acceptors (Lipinski definition) is 7. The van der Waals surface area contributed by atoms with Gasteiger partial charge in [-0.05, 0) is 15.9 Å². The fourth-order valence-electron chi connectivity index (χ4n) is 1.13. The molecule has 0 spiro atoms. The van der Waals surface area contributed by atoms with Gasteiger partial charge in [0.05, 0.1) is 43.7 Å². The van der Waals surface area contributed by atoms with Crippen molar-refractivity contribution in [2.75, 3.05) is 52.5 Å². The minimum absolute atomic E-state index is 0.172. The van der Waals surface area contributed by atoms with E-state index in [-0.39, 0.29) is 5.95 Å². The molecule has 1 heterocycles. The Morgan fingerprint density at radius 1 is 1.11 bits per heavy atom. The van der Waals surface area contributed by atoms with Crippen molar-refractivity contribution in [3.63, 3.8) is 0 Å². The van der Waals surface area contributed by atoms with Gasteiger partial charge in [0.1, 0.15) is 6.61 Å². The Kier molecular flexibility index (Phi) is 8.39. The normalized spacial score (nSPS) is 10.6. The number of nitrogens with zero attached hydrogens (tertiary/aromatic N) is 2. The number of nitrogens with two attached hydrogens (primary N) is 1. The molecule has 1 rings (SSSR count). The quantitative estimate of drug-likeness (QED) is 0.635. The summed E-state index contributed by atoms with van der Waals surface area (Å²) in [6.45, 7) is 3.04. The maximum Gasteiger partial charge on any atom is 0.232 e. The molecule has 0 saturated heterocycles. The molecule has 1 aromatic heterocycles. The summed E-state index contributed by atoms with van der Waals surface area (Å²) >= 11 is 3.27. The van der Waals surface area contributed by atoms with E-state index < -0.39 is 0 Å². The van der Waals surface area contributed by atoms with Crippen LogP contribution in [0.3, 0.4) is 0 Å². The molecule has 0 amide bonds. The Labute approximate surface area is 120 Å². The van der Waals surface area contributed by atoms with E-state index in [4.69, 9.17) is 24.7 Å². The lowest BCUT2D eigenvalue weighted by atomic mass is 10.6. The standard InChI is InChI=1S/C11H18BrN3O4/c1-16-2-3-17-4-5-18-6-7-19-10-9(12)8-14-11(13)15-10/h8H,2-7H2,1H3,(H2,13,14,15). The average Bonchev–Trinajstić information content (AvgIpc) is 2.40. The van der Waals surface area contributed by atoms with Crippen LogP contribution in [0.1, 0.15) is 0 Å². The lowest BCUT2D eigenvalue weighted by molar-refractivity contribution is 0.0176. The monoisotopic (exact) mass is 335 g/mol. The highest BCUT2D eigenvalue weighted by atomic mass is 79.9. The Morgan fingerprint density at radius 3 is 2.42 bits per heavy atom. The van der Waals surface area contributed by atoms with E-state index in [0.29, 0.717) is 50.0 Å². The highest BCUT2D eigenvalue weighted by molar-refractivity contribution is 9.10. The van der Waals surface area contributed by atoms with Crippen LogP contribution in [-0.4, -0.2) is 56.7 Å². The first-order chi connectivity index (χ1) is 9.24. The second-order valence-corrected chi connectivity index (χ2v) is 4.30. The molecule has 0 unspecified atom stereocenters. The first kappa shape index (κ1) is 16.1. The van der Waals surface area contributed by atoms with Crippen molar-refractivity contribution in [1.29, 1.82) is 0 Å². The zero-order chi connectivity index (χ0) is 13.9. The summed E-state index contributed by atoms with van der Waals surface area (Å²) in [7, 11) is 1.63. The van der Waals surface area contributed by atoms with Crippen molar-refractivity contribution in [1.82, 2.24) is 9.97 Å². The van der Waals surface area contributed by atoms with Gasteiger partial charge in [-0.1, -0.05) is 0 Å². The first-order valence-corrected chi connectivity index (χ1v) is 6.58. The van der Waals surface area contributed by atoms with Gasteiger partial charge in [0, 0.05) is 7.11 Å². The fraction of sp³-hybridized carbons (Fsp3) is 0.636. The number of ether oxygens (including phenoxy) is 4. The number of nitrogen functional groups attached to an aromatic ring is 1. The first-order valence-electron chi connectivity index (χ1n) is 5.79. The third-order valence-corrected chi connectivity index (χ3v) is 2.54. The molecule has 0 aliphatic carbocycles. The van der Waals surface area contributed by atoms with Crippen molar-refractivity contribution in [2.45, 2.75) is 0 Å². The molecule has 108 valence electrons. The zero-order valence-electron chi connectivity index (χ0n) is 10.8. The van der Waals surface area contributed by atoms with E-state index in [0.717, 1.165) is 0 Å². The smallest absolute Gasteiger partial charge is 0.232 e. The molecule has 19 heavy (non-hydrogen) atoms. The molecule has 1 aromatic rings. The minimum Gasteiger partial charge on any atom is -0.474 e. The van der Waals surface area contributed by atoms with Crippen LogP contribution in [0.5, 0.6) is 5.88 Å².